The average Bonchev–Trinajstić information content (AvgIpc) is 2.84. The Morgan fingerprint density at radius 3 is 2.19 bits per heavy atom. The molecule has 0 aliphatic carbocycles. The fraction of sp³-hybridized carbons (Fsp3) is 0.733. The van der Waals surface area contributed by atoms with Gasteiger partial charge in [-0.3, -0.25) is 0 Å². The topological polar surface area (TPSA) is 58.2 Å². The fourth-order valence-corrected chi connectivity index (χ4v) is 5.65. The molecule has 0 saturated heterocycles. The van der Waals surface area contributed by atoms with Crippen LogP contribution in [0, 0.1) is 6.92 Å². The lowest BCUT2D eigenvalue weighted by atomic mass is 9.91. The number of hydrogen-bond donors (Lipinski definition) is 2. The van der Waals surface area contributed by atoms with Crippen LogP contribution in [0.3, 0.4) is 0 Å². The van der Waals surface area contributed by atoms with Gasteiger partial charge in [-0.05, 0) is 38.8 Å². The van der Waals surface area contributed by atoms with Crippen LogP contribution in [0.5, 0.6) is 0 Å². The van der Waals surface area contributed by atoms with Crippen molar-refractivity contribution < 1.29 is 8.42 Å². The summed E-state index contributed by atoms with van der Waals surface area (Å²) in [6.07, 6.45) is 2.39. The van der Waals surface area contributed by atoms with Crippen LogP contribution in [0.1, 0.15) is 56.7 Å². The molecule has 0 atom stereocenters. The molecule has 0 aliphatic heterocycles. The van der Waals surface area contributed by atoms with Gasteiger partial charge in [-0.25, -0.2) is 13.1 Å². The van der Waals surface area contributed by atoms with Gasteiger partial charge >= 0.3 is 0 Å². The number of nitrogens with one attached hydrogen (secondary N) is 2. The zero-order valence-electron chi connectivity index (χ0n) is 13.7. The van der Waals surface area contributed by atoms with Crippen LogP contribution < -0.4 is 10.0 Å². The summed E-state index contributed by atoms with van der Waals surface area (Å²) in [5.41, 5.74) is -0.338. The summed E-state index contributed by atoms with van der Waals surface area (Å²) in [6.45, 7) is 11.6. The molecule has 0 unspecified atom stereocenters. The van der Waals surface area contributed by atoms with Gasteiger partial charge in [-0.2, -0.15) is 0 Å². The van der Waals surface area contributed by atoms with Crippen LogP contribution in [0.15, 0.2) is 11.0 Å². The summed E-state index contributed by atoms with van der Waals surface area (Å²) in [5.74, 6) is 0. The van der Waals surface area contributed by atoms with E-state index in [2.05, 4.69) is 10.0 Å². The SMILES string of the molecule is CCNCc1cc(S(=O)(=O)NC(CC)(CC)CC)c(C)s1. The molecule has 0 aliphatic rings. The predicted octanol–water partition coefficient (Wildman–Crippen LogP) is 3.41. The van der Waals surface area contributed by atoms with Gasteiger partial charge in [-0.15, -0.1) is 11.3 Å². The molecule has 4 nitrogen and oxygen atoms in total. The van der Waals surface area contributed by atoms with E-state index in [0.717, 1.165) is 42.1 Å². The van der Waals surface area contributed by atoms with Crippen LogP contribution in [-0.4, -0.2) is 20.5 Å². The first-order chi connectivity index (χ1) is 9.84. The normalized spacial score (nSPS) is 12.8. The van der Waals surface area contributed by atoms with E-state index in [1.165, 1.54) is 0 Å². The molecule has 2 N–H and O–H groups in total. The summed E-state index contributed by atoms with van der Waals surface area (Å²) in [6, 6.07) is 1.80. The van der Waals surface area contributed by atoms with E-state index in [9.17, 15) is 8.42 Å². The lowest BCUT2D eigenvalue weighted by molar-refractivity contribution is 0.341. The molecule has 21 heavy (non-hydrogen) atoms. The van der Waals surface area contributed by atoms with E-state index < -0.39 is 10.0 Å². The second-order valence-corrected chi connectivity index (χ2v) is 8.35. The van der Waals surface area contributed by atoms with E-state index in [-0.39, 0.29) is 5.54 Å². The van der Waals surface area contributed by atoms with Crippen molar-refractivity contribution in [2.45, 2.75) is 70.9 Å². The van der Waals surface area contributed by atoms with Crippen LogP contribution >= 0.6 is 11.3 Å². The summed E-state index contributed by atoms with van der Waals surface area (Å²) in [4.78, 5) is 2.34. The highest BCUT2D eigenvalue weighted by molar-refractivity contribution is 7.89. The minimum absolute atomic E-state index is 0.338. The van der Waals surface area contributed by atoms with Gasteiger partial charge in [0.15, 0.2) is 0 Å². The quantitative estimate of drug-likeness (QED) is 0.728. The lowest BCUT2D eigenvalue weighted by Gasteiger charge is -2.31. The molecule has 0 bridgehead atoms. The minimum Gasteiger partial charge on any atom is -0.312 e. The first-order valence-corrected chi connectivity index (χ1v) is 9.98. The number of sulfonamides is 1. The maximum Gasteiger partial charge on any atom is 0.242 e. The number of rotatable bonds is 9. The second-order valence-electron chi connectivity index (χ2n) is 5.36. The molecular weight excluding hydrogens is 304 g/mol. The molecule has 0 spiro atoms. The van der Waals surface area contributed by atoms with Crippen molar-refractivity contribution in [3.05, 3.63) is 15.8 Å². The van der Waals surface area contributed by atoms with Gasteiger partial charge in [0.05, 0.1) is 4.90 Å². The number of aryl methyl sites for hydroxylation is 1. The molecule has 0 fully saturated rings. The smallest absolute Gasteiger partial charge is 0.242 e. The number of thiophene rings is 1. The Morgan fingerprint density at radius 2 is 1.71 bits per heavy atom. The Balaban J connectivity index is 3.05. The van der Waals surface area contributed by atoms with Crippen molar-refractivity contribution >= 4 is 21.4 Å². The molecule has 0 saturated carbocycles. The Hall–Kier alpha value is -0.430. The number of hydrogen-bond acceptors (Lipinski definition) is 4. The molecule has 0 radical (unpaired) electrons. The summed E-state index contributed by atoms with van der Waals surface area (Å²) in [7, 11) is -3.46. The third-order valence-corrected chi connectivity index (χ3v) is 7.03. The van der Waals surface area contributed by atoms with Crippen LogP contribution in [-0.2, 0) is 16.6 Å². The monoisotopic (exact) mass is 332 g/mol. The zero-order valence-corrected chi connectivity index (χ0v) is 15.4. The molecule has 0 amide bonds. The molecule has 6 heteroatoms. The van der Waals surface area contributed by atoms with Crippen molar-refractivity contribution in [3.8, 4) is 0 Å². The van der Waals surface area contributed by atoms with E-state index in [1.54, 1.807) is 17.4 Å². The van der Waals surface area contributed by atoms with Gasteiger partial charge in [-0.1, -0.05) is 27.7 Å². The Bertz CT molecular complexity index is 538. The van der Waals surface area contributed by atoms with E-state index >= 15 is 0 Å². The first-order valence-electron chi connectivity index (χ1n) is 7.68. The molecule has 1 aromatic rings. The van der Waals surface area contributed by atoms with Crippen LogP contribution in [0.25, 0.3) is 0 Å². The summed E-state index contributed by atoms with van der Waals surface area (Å²) < 4.78 is 28.4. The van der Waals surface area contributed by atoms with Crippen LogP contribution in [0.4, 0.5) is 0 Å². The molecule has 0 aromatic carbocycles. The molecule has 1 aromatic heterocycles. The van der Waals surface area contributed by atoms with Crippen molar-refractivity contribution in [2.75, 3.05) is 6.54 Å². The molecular formula is C15H28N2O2S2. The third kappa shape index (κ3) is 4.52. The second kappa shape index (κ2) is 7.72. The van der Waals surface area contributed by atoms with Gasteiger partial charge in [0, 0.05) is 21.8 Å². The van der Waals surface area contributed by atoms with Crippen LogP contribution in [0.2, 0.25) is 0 Å². The third-order valence-electron chi connectivity index (χ3n) is 4.14. The van der Waals surface area contributed by atoms with Gasteiger partial charge in [0.1, 0.15) is 0 Å². The van der Waals surface area contributed by atoms with Gasteiger partial charge < -0.3 is 5.32 Å². The highest BCUT2D eigenvalue weighted by atomic mass is 32.2. The van der Waals surface area contributed by atoms with E-state index in [4.69, 9.17) is 0 Å². The Morgan fingerprint density at radius 1 is 1.14 bits per heavy atom. The minimum atomic E-state index is -3.46. The zero-order chi connectivity index (χ0) is 16.1. The fourth-order valence-electron chi connectivity index (χ4n) is 2.43. The van der Waals surface area contributed by atoms with Gasteiger partial charge in [0.25, 0.3) is 0 Å². The predicted molar refractivity (Wildman–Crippen MR) is 90.4 cm³/mol. The van der Waals surface area contributed by atoms with Crippen molar-refractivity contribution in [1.29, 1.82) is 0 Å². The maximum atomic E-state index is 12.7. The Kier molecular flexibility index (Phi) is 6.84. The standard InChI is InChI=1S/C15H28N2O2S2/c1-6-15(7-2,8-3)17-21(18,19)14-10-13(11-16-9-4)20-12(14)5/h10,16-17H,6-9,11H2,1-5H3. The Labute approximate surface area is 133 Å². The summed E-state index contributed by atoms with van der Waals surface area (Å²) in [5, 5.41) is 3.23. The highest BCUT2D eigenvalue weighted by Crippen LogP contribution is 2.29. The van der Waals surface area contributed by atoms with Crippen molar-refractivity contribution in [3.63, 3.8) is 0 Å². The van der Waals surface area contributed by atoms with Crippen molar-refractivity contribution in [1.82, 2.24) is 10.0 Å². The lowest BCUT2D eigenvalue weighted by Crippen LogP contribution is -2.47. The maximum absolute atomic E-state index is 12.7. The molecule has 1 rings (SSSR count). The summed E-state index contributed by atoms with van der Waals surface area (Å²) >= 11 is 1.55. The molecule has 1 heterocycles. The van der Waals surface area contributed by atoms with E-state index in [1.807, 2.05) is 34.6 Å². The van der Waals surface area contributed by atoms with Gasteiger partial charge in [0.2, 0.25) is 10.0 Å². The highest BCUT2D eigenvalue weighted by Gasteiger charge is 2.31. The largest absolute Gasteiger partial charge is 0.312 e. The average molecular weight is 333 g/mol. The first kappa shape index (κ1) is 18.6. The van der Waals surface area contributed by atoms with Crippen molar-refractivity contribution in [2.24, 2.45) is 0 Å². The molecule has 122 valence electrons. The van der Waals surface area contributed by atoms with E-state index in [0.29, 0.717) is 4.90 Å².